The van der Waals surface area contributed by atoms with Crippen molar-refractivity contribution in [2.75, 3.05) is 13.6 Å². The van der Waals surface area contributed by atoms with E-state index < -0.39 is 11.6 Å². The number of hydrogen-bond donors (Lipinski definition) is 0. The number of rotatable bonds is 5. The van der Waals surface area contributed by atoms with Crippen molar-refractivity contribution in [2.24, 2.45) is 0 Å². The fourth-order valence-electron chi connectivity index (χ4n) is 1.46. The minimum absolute atomic E-state index is 0.516. The molecule has 0 aliphatic heterocycles. The van der Waals surface area contributed by atoms with Crippen LogP contribution < -0.4 is 0 Å². The van der Waals surface area contributed by atoms with E-state index in [2.05, 4.69) is 6.07 Å². The van der Waals surface area contributed by atoms with Crippen molar-refractivity contribution in [3.63, 3.8) is 0 Å². The maximum atomic E-state index is 12.9. The van der Waals surface area contributed by atoms with Crippen LogP contribution in [0.1, 0.15) is 18.4 Å². The summed E-state index contributed by atoms with van der Waals surface area (Å²) in [6.45, 7) is 1.33. The molecule has 86 valence electrons. The number of hydrogen-bond acceptors (Lipinski definition) is 2. The van der Waals surface area contributed by atoms with Crippen LogP contribution in [0.25, 0.3) is 0 Å². The summed E-state index contributed by atoms with van der Waals surface area (Å²) in [7, 11) is 1.89. The zero-order valence-corrected chi connectivity index (χ0v) is 9.21. The summed E-state index contributed by atoms with van der Waals surface area (Å²) in [5.74, 6) is -1.64. The molecule has 0 atom stereocenters. The first-order valence-electron chi connectivity index (χ1n) is 5.13. The third-order valence-corrected chi connectivity index (χ3v) is 2.26. The zero-order chi connectivity index (χ0) is 12.0. The minimum atomic E-state index is -0.823. The van der Waals surface area contributed by atoms with Crippen LogP contribution in [0.15, 0.2) is 18.2 Å². The normalized spacial score (nSPS) is 10.4. The quantitative estimate of drug-likeness (QED) is 0.719. The molecule has 0 spiro atoms. The van der Waals surface area contributed by atoms with Gasteiger partial charge in [-0.3, -0.25) is 0 Å². The molecule has 0 aliphatic rings. The molecule has 2 nitrogen and oxygen atoms in total. The topological polar surface area (TPSA) is 27.0 Å². The molecule has 0 N–H and O–H groups in total. The summed E-state index contributed by atoms with van der Waals surface area (Å²) in [5, 5.41) is 8.38. The first kappa shape index (κ1) is 12.6. The summed E-state index contributed by atoms with van der Waals surface area (Å²) in [5.41, 5.74) is 0.735. The Morgan fingerprint density at radius 3 is 2.69 bits per heavy atom. The molecular weight excluding hydrogens is 210 g/mol. The Morgan fingerprint density at radius 2 is 2.06 bits per heavy atom. The van der Waals surface area contributed by atoms with E-state index in [1.807, 2.05) is 11.9 Å². The van der Waals surface area contributed by atoms with Gasteiger partial charge in [0.1, 0.15) is 0 Å². The number of unbranched alkanes of at least 4 members (excludes halogenated alkanes) is 1. The SMILES string of the molecule is CN(CCCC#N)Cc1ccc(F)c(F)c1. The Morgan fingerprint density at radius 1 is 1.31 bits per heavy atom. The zero-order valence-electron chi connectivity index (χ0n) is 9.21. The number of nitrogens with zero attached hydrogens (tertiary/aromatic N) is 2. The summed E-state index contributed by atoms with van der Waals surface area (Å²) in [6, 6.07) is 5.97. The highest BCUT2D eigenvalue weighted by Gasteiger charge is 2.04. The Bertz CT molecular complexity index is 385. The first-order chi connectivity index (χ1) is 7.63. The Kier molecular flexibility index (Phi) is 4.87. The van der Waals surface area contributed by atoms with Crippen molar-refractivity contribution in [1.29, 1.82) is 5.26 Å². The monoisotopic (exact) mass is 224 g/mol. The molecule has 0 amide bonds. The van der Waals surface area contributed by atoms with Crippen molar-refractivity contribution >= 4 is 0 Å². The molecular formula is C12H14F2N2. The van der Waals surface area contributed by atoms with E-state index in [4.69, 9.17) is 5.26 Å². The fourth-order valence-corrected chi connectivity index (χ4v) is 1.46. The molecule has 0 heterocycles. The molecule has 0 radical (unpaired) electrons. The molecule has 0 fully saturated rings. The highest BCUT2D eigenvalue weighted by atomic mass is 19.2. The lowest BCUT2D eigenvalue weighted by molar-refractivity contribution is 0.322. The molecule has 1 rings (SSSR count). The van der Waals surface area contributed by atoms with Gasteiger partial charge in [0.15, 0.2) is 11.6 Å². The lowest BCUT2D eigenvalue weighted by Crippen LogP contribution is -2.19. The molecule has 1 aromatic carbocycles. The Balaban J connectivity index is 2.47. The summed E-state index contributed by atoms with van der Waals surface area (Å²) < 4.78 is 25.6. The van der Waals surface area contributed by atoms with Gasteiger partial charge in [-0.05, 0) is 37.7 Å². The average Bonchev–Trinajstić information content (AvgIpc) is 2.24. The Hall–Kier alpha value is -1.47. The van der Waals surface area contributed by atoms with Gasteiger partial charge in [0, 0.05) is 13.0 Å². The van der Waals surface area contributed by atoms with Crippen molar-refractivity contribution < 1.29 is 8.78 Å². The summed E-state index contributed by atoms with van der Waals surface area (Å²) >= 11 is 0. The van der Waals surface area contributed by atoms with Gasteiger partial charge in [0.25, 0.3) is 0 Å². The van der Waals surface area contributed by atoms with Gasteiger partial charge < -0.3 is 4.90 Å². The predicted octanol–water partition coefficient (Wildman–Crippen LogP) is 2.70. The summed E-state index contributed by atoms with van der Waals surface area (Å²) in [4.78, 5) is 1.98. The smallest absolute Gasteiger partial charge is 0.159 e. The van der Waals surface area contributed by atoms with Crippen LogP contribution >= 0.6 is 0 Å². The van der Waals surface area contributed by atoms with Crippen LogP contribution in [0.3, 0.4) is 0 Å². The van der Waals surface area contributed by atoms with Crippen LogP contribution in [0.5, 0.6) is 0 Å². The third-order valence-electron chi connectivity index (χ3n) is 2.26. The van der Waals surface area contributed by atoms with Crippen LogP contribution in [0.2, 0.25) is 0 Å². The van der Waals surface area contributed by atoms with Gasteiger partial charge in [-0.1, -0.05) is 6.07 Å². The van der Waals surface area contributed by atoms with Crippen LogP contribution in [-0.2, 0) is 6.54 Å². The van der Waals surface area contributed by atoms with E-state index in [1.165, 1.54) is 6.07 Å². The predicted molar refractivity (Wildman–Crippen MR) is 57.5 cm³/mol. The molecule has 4 heteroatoms. The standard InChI is InChI=1S/C12H14F2N2/c1-16(7-3-2-6-15)9-10-4-5-11(13)12(14)8-10/h4-5,8H,2-3,7,9H2,1H3. The highest BCUT2D eigenvalue weighted by molar-refractivity contribution is 5.17. The number of benzene rings is 1. The highest BCUT2D eigenvalue weighted by Crippen LogP contribution is 2.10. The minimum Gasteiger partial charge on any atom is -0.302 e. The van der Waals surface area contributed by atoms with Gasteiger partial charge in [-0.15, -0.1) is 0 Å². The lowest BCUT2D eigenvalue weighted by atomic mass is 10.2. The van der Waals surface area contributed by atoms with Crippen LogP contribution in [0.4, 0.5) is 8.78 Å². The molecule has 0 bridgehead atoms. The molecule has 0 saturated heterocycles. The molecule has 16 heavy (non-hydrogen) atoms. The number of halogens is 2. The maximum Gasteiger partial charge on any atom is 0.159 e. The molecule has 0 aromatic heterocycles. The van der Waals surface area contributed by atoms with Crippen LogP contribution in [-0.4, -0.2) is 18.5 Å². The van der Waals surface area contributed by atoms with Crippen molar-refractivity contribution in [2.45, 2.75) is 19.4 Å². The second-order valence-electron chi connectivity index (χ2n) is 3.75. The molecule has 0 saturated carbocycles. The summed E-state index contributed by atoms with van der Waals surface area (Å²) in [6.07, 6.45) is 1.30. The fraction of sp³-hybridized carbons (Fsp3) is 0.417. The van der Waals surface area contributed by atoms with Crippen molar-refractivity contribution in [3.05, 3.63) is 35.4 Å². The lowest BCUT2D eigenvalue weighted by Gasteiger charge is -2.15. The Labute approximate surface area is 94.1 Å². The second kappa shape index (κ2) is 6.19. The van der Waals surface area contributed by atoms with E-state index >= 15 is 0 Å². The first-order valence-corrected chi connectivity index (χ1v) is 5.13. The van der Waals surface area contributed by atoms with Gasteiger partial charge in [-0.25, -0.2) is 8.78 Å². The second-order valence-corrected chi connectivity index (χ2v) is 3.75. The van der Waals surface area contributed by atoms with Crippen LogP contribution in [0, 0.1) is 23.0 Å². The maximum absolute atomic E-state index is 12.9. The van der Waals surface area contributed by atoms with Crippen molar-refractivity contribution in [3.8, 4) is 6.07 Å². The average molecular weight is 224 g/mol. The number of nitriles is 1. The van der Waals surface area contributed by atoms with Gasteiger partial charge in [-0.2, -0.15) is 5.26 Å². The largest absolute Gasteiger partial charge is 0.302 e. The molecule has 0 aliphatic carbocycles. The van der Waals surface area contributed by atoms with E-state index in [-0.39, 0.29) is 0 Å². The van der Waals surface area contributed by atoms with E-state index in [0.717, 1.165) is 24.6 Å². The molecule has 1 aromatic rings. The van der Waals surface area contributed by atoms with Gasteiger partial charge in [0.2, 0.25) is 0 Å². The van der Waals surface area contributed by atoms with Crippen molar-refractivity contribution in [1.82, 2.24) is 4.90 Å². The van der Waals surface area contributed by atoms with Gasteiger partial charge >= 0.3 is 0 Å². The molecule has 0 unspecified atom stereocenters. The third kappa shape index (κ3) is 3.95. The van der Waals surface area contributed by atoms with E-state index in [0.29, 0.717) is 13.0 Å². The van der Waals surface area contributed by atoms with E-state index in [1.54, 1.807) is 6.07 Å². The van der Waals surface area contributed by atoms with E-state index in [9.17, 15) is 8.78 Å². The van der Waals surface area contributed by atoms with Gasteiger partial charge in [0.05, 0.1) is 6.07 Å².